The van der Waals surface area contributed by atoms with Crippen LogP contribution in [0.3, 0.4) is 0 Å². The molecule has 0 spiro atoms. The van der Waals surface area contributed by atoms with Crippen molar-refractivity contribution in [1.82, 2.24) is 0 Å². The fourth-order valence-electron chi connectivity index (χ4n) is 2.44. The molecule has 1 aliphatic heterocycles. The Bertz CT molecular complexity index is 727. The Hall–Kier alpha value is -1.25. The summed E-state index contributed by atoms with van der Waals surface area (Å²) in [5.41, 5.74) is 0.351. The molecule has 1 heterocycles. The molecule has 132 valence electrons. The molecule has 1 saturated carbocycles. The first-order valence-corrected chi connectivity index (χ1v) is 10.00. The third-order valence-corrected chi connectivity index (χ3v) is 5.25. The number of ether oxygens (including phenoxy) is 1. The van der Waals surface area contributed by atoms with Crippen LogP contribution in [0.15, 0.2) is 18.2 Å². The highest BCUT2D eigenvalue weighted by molar-refractivity contribution is 7.92. The van der Waals surface area contributed by atoms with Crippen molar-refractivity contribution in [2.75, 3.05) is 11.0 Å². The second-order valence-corrected chi connectivity index (χ2v) is 9.28. The summed E-state index contributed by atoms with van der Waals surface area (Å²) in [6.07, 6.45) is 3.31. The lowest BCUT2D eigenvalue weighted by molar-refractivity contribution is 0.00578. The number of anilines is 1. The zero-order chi connectivity index (χ0) is 17.8. The summed E-state index contributed by atoms with van der Waals surface area (Å²) in [4.78, 5) is 0. The summed E-state index contributed by atoms with van der Waals surface area (Å²) in [5, 5.41) is 0. The zero-order valence-electron chi connectivity index (χ0n) is 14.8. The van der Waals surface area contributed by atoms with Crippen molar-refractivity contribution >= 4 is 28.3 Å². The molecule has 0 amide bonds. The van der Waals surface area contributed by atoms with Crippen LogP contribution < -0.4 is 14.9 Å². The van der Waals surface area contributed by atoms with Gasteiger partial charge in [-0.1, -0.05) is 6.07 Å². The van der Waals surface area contributed by atoms with Crippen molar-refractivity contribution in [3.63, 3.8) is 0 Å². The van der Waals surface area contributed by atoms with Gasteiger partial charge in [-0.2, -0.15) is 0 Å². The molecule has 1 aromatic rings. The smallest absolute Gasteiger partial charge is 0.491 e. The second kappa shape index (κ2) is 5.64. The largest absolute Gasteiger partial charge is 0.498 e. The first-order valence-electron chi connectivity index (χ1n) is 8.11. The van der Waals surface area contributed by atoms with Gasteiger partial charge in [-0.15, -0.1) is 0 Å². The molecule has 2 aliphatic rings. The second-order valence-electron chi connectivity index (χ2n) is 7.53. The van der Waals surface area contributed by atoms with E-state index in [-0.39, 0.29) is 6.10 Å². The van der Waals surface area contributed by atoms with Crippen molar-refractivity contribution in [2.45, 2.75) is 57.8 Å². The highest BCUT2D eigenvalue weighted by Gasteiger charge is 2.52. The van der Waals surface area contributed by atoms with Crippen molar-refractivity contribution in [3.8, 4) is 5.75 Å². The Kier molecular flexibility index (Phi) is 4.13. The van der Waals surface area contributed by atoms with Crippen LogP contribution in [0.5, 0.6) is 5.75 Å². The van der Waals surface area contributed by atoms with E-state index in [0.29, 0.717) is 11.4 Å². The van der Waals surface area contributed by atoms with Gasteiger partial charge in [0.25, 0.3) is 0 Å². The molecule has 1 N–H and O–H groups in total. The standard InChI is InChI=1S/C16H24BNO5S/c1-15(2)16(3,4)23-17(22-15)13-9-6-11(18-24(5,19)20)10-14(13)21-12-7-8-12/h6,9-10,12,18H,7-8H2,1-5H3. The Balaban J connectivity index is 1.92. The number of hydrogen-bond acceptors (Lipinski definition) is 5. The minimum Gasteiger partial charge on any atom is -0.491 e. The van der Waals surface area contributed by atoms with Gasteiger partial charge in [0.2, 0.25) is 10.0 Å². The van der Waals surface area contributed by atoms with Gasteiger partial charge in [0.15, 0.2) is 0 Å². The Labute approximate surface area is 144 Å². The normalized spacial score (nSPS) is 22.5. The monoisotopic (exact) mass is 353 g/mol. The number of rotatable bonds is 5. The summed E-state index contributed by atoms with van der Waals surface area (Å²) in [6, 6.07) is 5.19. The van der Waals surface area contributed by atoms with Crippen LogP contribution >= 0.6 is 0 Å². The van der Waals surface area contributed by atoms with Crippen molar-refractivity contribution in [1.29, 1.82) is 0 Å². The first-order chi connectivity index (χ1) is 11.0. The van der Waals surface area contributed by atoms with E-state index in [0.717, 1.165) is 24.6 Å². The van der Waals surface area contributed by atoms with E-state index in [2.05, 4.69) is 4.72 Å². The van der Waals surface area contributed by atoms with Crippen LogP contribution in [0, 0.1) is 0 Å². The van der Waals surface area contributed by atoms with Gasteiger partial charge in [-0.25, -0.2) is 8.42 Å². The Morgan fingerprint density at radius 2 is 1.75 bits per heavy atom. The molecule has 0 unspecified atom stereocenters. The zero-order valence-corrected chi connectivity index (χ0v) is 15.6. The van der Waals surface area contributed by atoms with Gasteiger partial charge >= 0.3 is 7.12 Å². The fourth-order valence-corrected chi connectivity index (χ4v) is 3.00. The SMILES string of the molecule is CC1(C)OB(c2ccc(NS(C)(=O)=O)cc2OC2CC2)OC1(C)C. The molecule has 1 saturated heterocycles. The molecule has 0 aromatic heterocycles. The molecule has 0 bridgehead atoms. The molecule has 0 atom stereocenters. The Morgan fingerprint density at radius 1 is 1.17 bits per heavy atom. The third-order valence-electron chi connectivity index (χ3n) is 4.64. The predicted molar refractivity (Wildman–Crippen MR) is 94.3 cm³/mol. The van der Waals surface area contributed by atoms with Gasteiger partial charge < -0.3 is 14.0 Å². The summed E-state index contributed by atoms with van der Waals surface area (Å²) in [6.45, 7) is 7.98. The topological polar surface area (TPSA) is 73.9 Å². The van der Waals surface area contributed by atoms with E-state index in [1.807, 2.05) is 27.7 Å². The van der Waals surface area contributed by atoms with Gasteiger partial charge in [-0.3, -0.25) is 4.72 Å². The van der Waals surface area contributed by atoms with Crippen LogP contribution in [-0.2, 0) is 19.3 Å². The van der Waals surface area contributed by atoms with E-state index in [1.54, 1.807) is 18.2 Å². The summed E-state index contributed by atoms with van der Waals surface area (Å²) < 4.78 is 43.5. The van der Waals surface area contributed by atoms with Crippen molar-refractivity contribution in [3.05, 3.63) is 18.2 Å². The van der Waals surface area contributed by atoms with Crippen LogP contribution in [-0.4, -0.2) is 39.1 Å². The molecular weight excluding hydrogens is 329 g/mol. The molecule has 8 heteroatoms. The van der Waals surface area contributed by atoms with Crippen LogP contribution in [0.2, 0.25) is 0 Å². The molecule has 6 nitrogen and oxygen atoms in total. The predicted octanol–water partition coefficient (Wildman–Crippen LogP) is 1.90. The number of hydrogen-bond donors (Lipinski definition) is 1. The maximum Gasteiger partial charge on any atom is 0.498 e. The molecule has 0 radical (unpaired) electrons. The third kappa shape index (κ3) is 3.71. The fraction of sp³-hybridized carbons (Fsp3) is 0.625. The molecule has 1 aromatic carbocycles. The van der Waals surface area contributed by atoms with Crippen molar-refractivity contribution < 1.29 is 22.5 Å². The van der Waals surface area contributed by atoms with Gasteiger partial charge in [0, 0.05) is 11.5 Å². The average molecular weight is 353 g/mol. The van der Waals surface area contributed by atoms with Crippen molar-refractivity contribution in [2.24, 2.45) is 0 Å². The molecule has 1 aliphatic carbocycles. The highest BCUT2D eigenvalue weighted by atomic mass is 32.2. The summed E-state index contributed by atoms with van der Waals surface area (Å²) >= 11 is 0. The number of benzene rings is 1. The van der Waals surface area contributed by atoms with Gasteiger partial charge in [0.1, 0.15) is 5.75 Å². The molecule has 3 rings (SSSR count). The molecule has 24 heavy (non-hydrogen) atoms. The Morgan fingerprint density at radius 3 is 2.25 bits per heavy atom. The lowest BCUT2D eigenvalue weighted by atomic mass is 9.78. The van der Waals surface area contributed by atoms with E-state index < -0.39 is 28.3 Å². The minimum atomic E-state index is -3.34. The van der Waals surface area contributed by atoms with Crippen LogP contribution in [0.25, 0.3) is 0 Å². The van der Waals surface area contributed by atoms with E-state index in [4.69, 9.17) is 14.0 Å². The highest BCUT2D eigenvalue weighted by Crippen LogP contribution is 2.38. The molecular formula is C16H24BNO5S. The minimum absolute atomic E-state index is 0.180. The number of sulfonamides is 1. The van der Waals surface area contributed by atoms with E-state index in [1.165, 1.54) is 0 Å². The quantitative estimate of drug-likeness (QED) is 0.819. The van der Waals surface area contributed by atoms with Gasteiger partial charge in [0.05, 0.1) is 29.2 Å². The van der Waals surface area contributed by atoms with Gasteiger partial charge in [-0.05, 0) is 46.6 Å². The lowest BCUT2D eigenvalue weighted by Gasteiger charge is -2.32. The molecule has 2 fully saturated rings. The van der Waals surface area contributed by atoms with E-state index in [9.17, 15) is 8.42 Å². The maximum absolute atomic E-state index is 11.5. The van der Waals surface area contributed by atoms with Crippen LogP contribution in [0.4, 0.5) is 5.69 Å². The first kappa shape index (κ1) is 17.6. The summed E-state index contributed by atoms with van der Waals surface area (Å²) in [7, 11) is -3.89. The maximum atomic E-state index is 11.5. The lowest BCUT2D eigenvalue weighted by Crippen LogP contribution is -2.41. The van der Waals surface area contributed by atoms with E-state index >= 15 is 0 Å². The number of nitrogens with one attached hydrogen (secondary N) is 1. The van der Waals surface area contributed by atoms with Crippen LogP contribution in [0.1, 0.15) is 40.5 Å². The average Bonchev–Trinajstić information content (AvgIpc) is 3.15. The summed E-state index contributed by atoms with van der Waals surface area (Å²) in [5.74, 6) is 0.602.